The van der Waals surface area contributed by atoms with Gasteiger partial charge in [-0.3, -0.25) is 9.88 Å². The molecular formula is C30H43N7O2. The number of aromatic nitrogens is 3. The molecule has 0 bridgehead atoms. The Hall–Kier alpha value is -3.17. The van der Waals surface area contributed by atoms with Gasteiger partial charge in [0.25, 0.3) is 0 Å². The molecule has 2 aliphatic heterocycles. The molecule has 5 rings (SSSR count). The van der Waals surface area contributed by atoms with Crippen molar-refractivity contribution in [3.8, 4) is 11.3 Å². The number of pyridine rings is 1. The minimum Gasteiger partial charge on any atom is -0.369 e. The van der Waals surface area contributed by atoms with E-state index in [4.69, 9.17) is 9.72 Å². The zero-order valence-corrected chi connectivity index (χ0v) is 24.1. The number of amides is 2. The first kappa shape index (κ1) is 27.4. The van der Waals surface area contributed by atoms with Gasteiger partial charge in [-0.2, -0.15) is 5.10 Å². The van der Waals surface area contributed by atoms with Gasteiger partial charge in [0.2, 0.25) is 0 Å². The number of hydrogen-bond acceptors (Lipinski definition) is 6. The molecule has 1 atom stereocenters. The van der Waals surface area contributed by atoms with Crippen molar-refractivity contribution >= 4 is 17.2 Å². The average Bonchev–Trinajstić information content (AvgIpc) is 3.38. The molecule has 3 aromatic rings. The maximum atomic E-state index is 12.4. The molecule has 0 aliphatic carbocycles. The van der Waals surface area contributed by atoms with Crippen molar-refractivity contribution in [1.82, 2.24) is 29.7 Å². The average molecular weight is 534 g/mol. The molecule has 0 radical (unpaired) electrons. The number of nitrogens with zero attached hydrogens (tertiary/aromatic N) is 6. The summed E-state index contributed by atoms with van der Waals surface area (Å²) in [6, 6.07) is 9.19. The summed E-state index contributed by atoms with van der Waals surface area (Å²) in [7, 11) is 0. The topological polar surface area (TPSA) is 78.2 Å². The van der Waals surface area contributed by atoms with Gasteiger partial charge in [-0.1, -0.05) is 6.07 Å². The zero-order chi connectivity index (χ0) is 27.6. The van der Waals surface area contributed by atoms with Gasteiger partial charge >= 0.3 is 6.03 Å². The maximum Gasteiger partial charge on any atom is 0.317 e. The van der Waals surface area contributed by atoms with E-state index in [1.165, 1.54) is 0 Å². The van der Waals surface area contributed by atoms with Crippen LogP contribution in [0.2, 0.25) is 0 Å². The monoisotopic (exact) mass is 533 g/mol. The van der Waals surface area contributed by atoms with Crippen LogP contribution < -0.4 is 10.2 Å². The molecule has 9 heteroatoms. The molecule has 2 amide bonds. The molecule has 2 saturated heterocycles. The Morgan fingerprint density at radius 2 is 1.90 bits per heavy atom. The number of fused-ring (bicyclic) bond motifs is 1. The van der Waals surface area contributed by atoms with E-state index in [2.05, 4.69) is 65.3 Å². The lowest BCUT2D eigenvalue weighted by atomic mass is 9.85. The molecule has 210 valence electrons. The Morgan fingerprint density at radius 1 is 1.10 bits per heavy atom. The van der Waals surface area contributed by atoms with E-state index < -0.39 is 0 Å². The Labute approximate surface area is 232 Å². The molecule has 2 fully saturated rings. The third-order valence-corrected chi connectivity index (χ3v) is 8.03. The highest BCUT2D eigenvalue weighted by Crippen LogP contribution is 2.37. The van der Waals surface area contributed by atoms with E-state index in [-0.39, 0.29) is 17.7 Å². The largest absolute Gasteiger partial charge is 0.369 e. The van der Waals surface area contributed by atoms with Crippen molar-refractivity contribution in [3.05, 3.63) is 48.4 Å². The summed E-state index contributed by atoms with van der Waals surface area (Å²) in [6.07, 6.45) is 8.03. The van der Waals surface area contributed by atoms with E-state index in [1.807, 2.05) is 41.9 Å². The van der Waals surface area contributed by atoms with Crippen LogP contribution in [0.25, 0.3) is 16.8 Å². The number of rotatable bonds is 7. The lowest BCUT2D eigenvalue weighted by Crippen LogP contribution is -2.53. The highest BCUT2D eigenvalue weighted by atomic mass is 16.5. The third kappa shape index (κ3) is 5.75. The van der Waals surface area contributed by atoms with Gasteiger partial charge in [0.1, 0.15) is 5.60 Å². The molecular weight excluding hydrogens is 490 g/mol. The van der Waals surface area contributed by atoms with Crippen molar-refractivity contribution in [2.75, 3.05) is 50.8 Å². The van der Waals surface area contributed by atoms with Crippen molar-refractivity contribution in [2.24, 2.45) is 0 Å². The van der Waals surface area contributed by atoms with Crippen LogP contribution in [-0.4, -0.2) is 88.4 Å². The van der Waals surface area contributed by atoms with E-state index >= 15 is 0 Å². The van der Waals surface area contributed by atoms with Crippen LogP contribution in [0.3, 0.4) is 0 Å². The van der Waals surface area contributed by atoms with Crippen molar-refractivity contribution in [1.29, 1.82) is 0 Å². The van der Waals surface area contributed by atoms with Gasteiger partial charge in [0, 0.05) is 81.1 Å². The molecule has 1 N–H and O–H groups in total. The fraction of sp³-hybridized carbons (Fsp3) is 0.567. The van der Waals surface area contributed by atoms with Crippen molar-refractivity contribution < 1.29 is 9.53 Å². The van der Waals surface area contributed by atoms with E-state index in [0.717, 1.165) is 67.0 Å². The second kappa shape index (κ2) is 11.5. The zero-order valence-electron chi connectivity index (χ0n) is 24.1. The van der Waals surface area contributed by atoms with Gasteiger partial charge in [0.05, 0.1) is 16.9 Å². The Balaban J connectivity index is 1.35. The first-order chi connectivity index (χ1) is 18.8. The summed E-state index contributed by atoms with van der Waals surface area (Å²) in [5, 5.41) is 7.57. The summed E-state index contributed by atoms with van der Waals surface area (Å²) in [4.78, 5) is 24.1. The maximum absolute atomic E-state index is 12.4. The normalized spacial score (nSPS) is 20.8. The molecule has 9 nitrogen and oxygen atoms in total. The van der Waals surface area contributed by atoms with Gasteiger partial charge < -0.3 is 19.9 Å². The quantitative estimate of drug-likeness (QED) is 0.486. The molecule has 0 saturated carbocycles. The minimum absolute atomic E-state index is 0.0141. The predicted molar refractivity (Wildman–Crippen MR) is 155 cm³/mol. The van der Waals surface area contributed by atoms with Crippen LogP contribution in [0.5, 0.6) is 0 Å². The lowest BCUT2D eigenvalue weighted by Gasteiger charge is -2.44. The minimum atomic E-state index is -0.308. The summed E-state index contributed by atoms with van der Waals surface area (Å²) in [5.74, 6) is 0. The molecule has 0 aromatic carbocycles. The van der Waals surface area contributed by atoms with Crippen LogP contribution in [-0.2, 0) is 10.3 Å². The highest BCUT2D eigenvalue weighted by Gasteiger charge is 2.39. The fourth-order valence-electron chi connectivity index (χ4n) is 5.94. The summed E-state index contributed by atoms with van der Waals surface area (Å²) in [6.45, 7) is 16.2. The molecule has 2 aliphatic rings. The van der Waals surface area contributed by atoms with Gasteiger partial charge in [-0.05, 0) is 72.2 Å². The van der Waals surface area contributed by atoms with Crippen LogP contribution in [0, 0.1) is 0 Å². The first-order valence-electron chi connectivity index (χ1n) is 14.4. The third-order valence-electron chi connectivity index (χ3n) is 8.03. The number of likely N-dealkylation sites (tertiary alicyclic amines) is 1. The van der Waals surface area contributed by atoms with Crippen LogP contribution in [0.1, 0.15) is 53.0 Å². The first-order valence-corrected chi connectivity index (χ1v) is 14.4. The Kier molecular flexibility index (Phi) is 8.09. The number of nitrogens with one attached hydrogen (secondary N) is 1. The van der Waals surface area contributed by atoms with Gasteiger partial charge in [-0.25, -0.2) is 9.31 Å². The molecule has 5 heterocycles. The Bertz CT molecular complexity index is 1260. The van der Waals surface area contributed by atoms with E-state index in [0.29, 0.717) is 25.7 Å². The van der Waals surface area contributed by atoms with Crippen LogP contribution >= 0.6 is 0 Å². The number of ether oxygens (including phenoxy) is 1. The lowest BCUT2D eigenvalue weighted by molar-refractivity contribution is -0.0972. The SMILES string of the molecule is CCO[C@]1(c2ccc(-c3cc4c(N5CCN(C(=O)NC(C)C)CC5)ccnn4c3)nc2)CCCN(C(C)C)C1. The summed E-state index contributed by atoms with van der Waals surface area (Å²) < 4.78 is 8.36. The molecule has 39 heavy (non-hydrogen) atoms. The standard InChI is InChI=1S/C30H43N7O2/c1-6-39-30(11-7-13-36(21-30)23(4)5)25-8-9-26(31-19-25)24-18-28-27(10-12-32-37(28)20-24)34-14-16-35(17-15-34)29(38)33-22(2)3/h8-10,12,18-20,22-23H,6-7,11,13-17,21H2,1-5H3,(H,33,38)/t30-/m1/s1. The summed E-state index contributed by atoms with van der Waals surface area (Å²) in [5.41, 5.74) is 4.98. The molecule has 0 unspecified atom stereocenters. The summed E-state index contributed by atoms with van der Waals surface area (Å²) >= 11 is 0. The van der Waals surface area contributed by atoms with Crippen molar-refractivity contribution in [2.45, 2.75) is 65.1 Å². The number of urea groups is 1. The van der Waals surface area contributed by atoms with Gasteiger partial charge in [-0.15, -0.1) is 0 Å². The fourth-order valence-corrected chi connectivity index (χ4v) is 5.94. The smallest absolute Gasteiger partial charge is 0.317 e. The van der Waals surface area contributed by atoms with E-state index in [1.54, 1.807) is 0 Å². The second-order valence-corrected chi connectivity index (χ2v) is 11.4. The van der Waals surface area contributed by atoms with Crippen molar-refractivity contribution in [3.63, 3.8) is 0 Å². The molecule has 3 aromatic heterocycles. The van der Waals surface area contributed by atoms with Crippen LogP contribution in [0.15, 0.2) is 42.9 Å². The number of piperidine rings is 1. The number of carbonyl (C=O) groups is 1. The van der Waals surface area contributed by atoms with Gasteiger partial charge in [0.15, 0.2) is 0 Å². The highest BCUT2D eigenvalue weighted by molar-refractivity contribution is 5.79. The van der Waals surface area contributed by atoms with E-state index in [9.17, 15) is 4.79 Å². The predicted octanol–water partition coefficient (Wildman–Crippen LogP) is 4.37. The second-order valence-electron chi connectivity index (χ2n) is 11.4. The van der Waals surface area contributed by atoms with Crippen LogP contribution in [0.4, 0.5) is 10.5 Å². The number of anilines is 1. The number of piperazine rings is 1. The number of carbonyl (C=O) groups excluding carboxylic acids is 1. The Morgan fingerprint density at radius 3 is 2.56 bits per heavy atom. The number of hydrogen-bond donors (Lipinski definition) is 1. The molecule has 0 spiro atoms.